The van der Waals surface area contributed by atoms with Gasteiger partial charge >= 0.3 is 0 Å². The smallest absolute Gasteiger partial charge is 0.159 e. The molecule has 1 saturated carbocycles. The molecule has 6 heteroatoms. The standard InChI is InChI=1S/C29H34N4O2/c1-34-23-8-10-24(11-9-23)35-19-20-3-2-16-33(18-20)22-6-4-21(5-7-22)25-12-14-30-27-17-32-29-26(28(25)27)13-15-31-29/h8-15,17,20-22,30H,2-7,16,18-19H2,1H3. The molecule has 0 amide bonds. The lowest BCUT2D eigenvalue weighted by atomic mass is 9.79. The van der Waals surface area contributed by atoms with Crippen molar-refractivity contribution >= 4 is 21.9 Å². The second-order valence-corrected chi connectivity index (χ2v) is 10.2. The summed E-state index contributed by atoms with van der Waals surface area (Å²) in [4.78, 5) is 15.1. The number of benzene rings is 1. The van der Waals surface area contributed by atoms with Crippen molar-refractivity contribution in [3.63, 3.8) is 0 Å². The summed E-state index contributed by atoms with van der Waals surface area (Å²) >= 11 is 0. The van der Waals surface area contributed by atoms with Crippen LogP contribution in [0.2, 0.25) is 0 Å². The van der Waals surface area contributed by atoms with Crippen LogP contribution in [0.3, 0.4) is 0 Å². The zero-order valence-corrected chi connectivity index (χ0v) is 20.5. The van der Waals surface area contributed by atoms with Crippen molar-refractivity contribution in [2.75, 3.05) is 26.8 Å². The fourth-order valence-electron chi connectivity index (χ4n) is 6.23. The molecule has 6 nitrogen and oxygen atoms in total. The Balaban J connectivity index is 1.08. The zero-order chi connectivity index (χ0) is 23.6. The van der Waals surface area contributed by atoms with Gasteiger partial charge in [-0.05, 0) is 92.9 Å². The third-order valence-electron chi connectivity index (χ3n) is 8.07. The summed E-state index contributed by atoms with van der Waals surface area (Å²) in [5, 5.41) is 2.49. The summed E-state index contributed by atoms with van der Waals surface area (Å²) in [7, 11) is 1.69. The Kier molecular flexibility index (Phi) is 6.30. The van der Waals surface area contributed by atoms with Crippen LogP contribution in [0.4, 0.5) is 0 Å². The highest BCUT2D eigenvalue weighted by Gasteiger charge is 2.31. The number of aromatic nitrogens is 3. The Hall–Kier alpha value is -3.12. The number of H-pyrrole nitrogens is 1. The first-order chi connectivity index (χ1) is 17.3. The molecule has 4 heterocycles. The molecule has 6 rings (SSSR count). The number of nitrogens with one attached hydrogen (secondary N) is 1. The molecular weight excluding hydrogens is 436 g/mol. The van der Waals surface area contributed by atoms with Gasteiger partial charge in [0.2, 0.25) is 0 Å². The normalized spacial score (nSPS) is 23.5. The van der Waals surface area contributed by atoms with Crippen molar-refractivity contribution in [1.29, 1.82) is 0 Å². The van der Waals surface area contributed by atoms with E-state index in [2.05, 4.69) is 38.2 Å². The molecule has 1 aromatic carbocycles. The summed E-state index contributed by atoms with van der Waals surface area (Å²) in [6.07, 6.45) is 13.4. The van der Waals surface area contributed by atoms with E-state index in [-0.39, 0.29) is 0 Å². The fraction of sp³-hybridized carbons (Fsp3) is 0.448. The first-order valence-corrected chi connectivity index (χ1v) is 13.0. The molecule has 0 bridgehead atoms. The molecule has 1 N–H and O–H groups in total. The van der Waals surface area contributed by atoms with Crippen molar-refractivity contribution in [2.24, 2.45) is 5.92 Å². The van der Waals surface area contributed by atoms with E-state index in [1.54, 1.807) is 7.11 Å². The molecule has 2 fully saturated rings. The van der Waals surface area contributed by atoms with Crippen LogP contribution in [0.25, 0.3) is 21.9 Å². The number of piperidine rings is 1. The number of hydrogen-bond donors (Lipinski definition) is 1. The summed E-state index contributed by atoms with van der Waals surface area (Å²) in [5.74, 6) is 3.00. The van der Waals surface area contributed by atoms with Crippen LogP contribution < -0.4 is 9.47 Å². The molecule has 182 valence electrons. The zero-order valence-electron chi connectivity index (χ0n) is 20.5. The van der Waals surface area contributed by atoms with Crippen LogP contribution in [0.1, 0.15) is 50.0 Å². The van der Waals surface area contributed by atoms with Crippen LogP contribution in [0, 0.1) is 5.92 Å². The van der Waals surface area contributed by atoms with E-state index in [9.17, 15) is 0 Å². The van der Waals surface area contributed by atoms with Crippen LogP contribution in [-0.4, -0.2) is 52.7 Å². The van der Waals surface area contributed by atoms with Gasteiger partial charge in [-0.3, -0.25) is 4.90 Å². The Morgan fingerprint density at radius 3 is 2.63 bits per heavy atom. The second-order valence-electron chi connectivity index (χ2n) is 10.2. The van der Waals surface area contributed by atoms with Crippen molar-refractivity contribution < 1.29 is 9.47 Å². The molecule has 0 radical (unpaired) electrons. The Labute approximate surface area is 206 Å². The van der Waals surface area contributed by atoms with Crippen LogP contribution in [-0.2, 0) is 0 Å². The van der Waals surface area contributed by atoms with E-state index in [0.717, 1.165) is 35.8 Å². The van der Waals surface area contributed by atoms with Gasteiger partial charge in [0.25, 0.3) is 0 Å². The molecule has 1 aliphatic heterocycles. The van der Waals surface area contributed by atoms with Crippen molar-refractivity contribution in [3.8, 4) is 11.5 Å². The van der Waals surface area contributed by atoms with Crippen molar-refractivity contribution in [2.45, 2.75) is 50.5 Å². The average molecular weight is 471 g/mol. The van der Waals surface area contributed by atoms with Gasteiger partial charge in [-0.25, -0.2) is 9.97 Å². The minimum absolute atomic E-state index is 0.600. The number of aromatic amines is 1. The fourth-order valence-corrected chi connectivity index (χ4v) is 6.23. The predicted octanol–water partition coefficient (Wildman–Crippen LogP) is 5.94. The highest BCUT2D eigenvalue weighted by Crippen LogP contribution is 2.40. The van der Waals surface area contributed by atoms with Gasteiger partial charge in [-0.1, -0.05) is 0 Å². The number of ether oxygens (including phenoxy) is 2. The van der Waals surface area contributed by atoms with Gasteiger partial charge in [-0.2, -0.15) is 0 Å². The minimum Gasteiger partial charge on any atom is -0.497 e. The predicted molar refractivity (Wildman–Crippen MR) is 139 cm³/mol. The number of hydrogen-bond acceptors (Lipinski definition) is 5. The van der Waals surface area contributed by atoms with Crippen molar-refractivity contribution in [1.82, 2.24) is 19.9 Å². The van der Waals surface area contributed by atoms with Crippen LogP contribution in [0.15, 0.2) is 55.0 Å². The van der Waals surface area contributed by atoms with E-state index in [1.165, 1.54) is 61.4 Å². The maximum Gasteiger partial charge on any atom is 0.159 e. The van der Waals surface area contributed by atoms with E-state index in [1.807, 2.05) is 36.7 Å². The molecular formula is C29H34N4O2. The third-order valence-corrected chi connectivity index (χ3v) is 8.07. The number of likely N-dealkylation sites (tertiary alicyclic amines) is 1. The van der Waals surface area contributed by atoms with Gasteiger partial charge in [0.15, 0.2) is 5.65 Å². The largest absolute Gasteiger partial charge is 0.497 e. The summed E-state index contributed by atoms with van der Waals surface area (Å²) < 4.78 is 11.4. The monoisotopic (exact) mass is 470 g/mol. The second kappa shape index (κ2) is 9.86. The Bertz CT molecular complexity index is 1280. The van der Waals surface area contributed by atoms with Gasteiger partial charge in [-0.15, -0.1) is 0 Å². The Morgan fingerprint density at radius 1 is 0.971 bits per heavy atom. The maximum absolute atomic E-state index is 6.13. The first kappa shape index (κ1) is 22.4. The summed E-state index contributed by atoms with van der Waals surface area (Å²) in [6, 6.07) is 13.0. The van der Waals surface area contributed by atoms with Crippen LogP contribution >= 0.6 is 0 Å². The van der Waals surface area contributed by atoms with E-state index >= 15 is 0 Å². The minimum atomic E-state index is 0.600. The summed E-state index contributed by atoms with van der Waals surface area (Å²) in [6.45, 7) is 3.17. The molecule has 1 saturated heterocycles. The third kappa shape index (κ3) is 4.59. The SMILES string of the molecule is COc1ccc(OCC2CCCN(C3CCC(c4cc[nH]c5cnc6nccc6c45)CC3)C2)cc1. The average Bonchev–Trinajstić information content (AvgIpc) is 3.41. The number of nitrogens with zero attached hydrogens (tertiary/aromatic N) is 3. The molecule has 4 aromatic rings. The summed E-state index contributed by atoms with van der Waals surface area (Å²) in [5.41, 5.74) is 3.42. The van der Waals surface area contributed by atoms with Gasteiger partial charge in [0, 0.05) is 41.7 Å². The lowest BCUT2D eigenvalue weighted by Crippen LogP contribution is -2.45. The molecule has 2 aliphatic rings. The first-order valence-electron chi connectivity index (χ1n) is 13.0. The quantitative estimate of drug-likeness (QED) is 0.378. The topological polar surface area (TPSA) is 63.3 Å². The molecule has 3 aromatic heterocycles. The van der Waals surface area contributed by atoms with E-state index in [4.69, 9.17) is 9.47 Å². The van der Waals surface area contributed by atoms with Crippen LogP contribution in [0.5, 0.6) is 11.5 Å². The van der Waals surface area contributed by atoms with E-state index < -0.39 is 0 Å². The number of methoxy groups -OCH3 is 1. The van der Waals surface area contributed by atoms with Gasteiger partial charge in [0.1, 0.15) is 11.5 Å². The lowest BCUT2D eigenvalue weighted by molar-refractivity contribution is 0.0747. The van der Waals surface area contributed by atoms with Crippen molar-refractivity contribution in [3.05, 3.63) is 60.6 Å². The highest BCUT2D eigenvalue weighted by atomic mass is 16.5. The lowest BCUT2D eigenvalue weighted by Gasteiger charge is -2.41. The molecule has 0 spiro atoms. The van der Waals surface area contributed by atoms with E-state index in [0.29, 0.717) is 17.9 Å². The molecule has 1 atom stereocenters. The molecule has 1 aliphatic carbocycles. The van der Waals surface area contributed by atoms with Gasteiger partial charge in [0.05, 0.1) is 25.4 Å². The number of fused-ring (bicyclic) bond motifs is 3. The maximum atomic E-state index is 6.13. The molecule has 1 unspecified atom stereocenters. The Morgan fingerprint density at radius 2 is 1.80 bits per heavy atom. The molecule has 35 heavy (non-hydrogen) atoms. The number of pyridine rings is 2. The number of rotatable bonds is 6. The van der Waals surface area contributed by atoms with Gasteiger partial charge < -0.3 is 14.5 Å². The highest BCUT2D eigenvalue weighted by molar-refractivity contribution is 6.05.